The van der Waals surface area contributed by atoms with Gasteiger partial charge in [0.05, 0.1) is 0 Å². The smallest absolute Gasteiger partial charge is 0.0249 e. The fourth-order valence-corrected chi connectivity index (χ4v) is 2.90. The van der Waals surface area contributed by atoms with Crippen LogP contribution >= 0.6 is 0 Å². The van der Waals surface area contributed by atoms with Gasteiger partial charge in [-0.05, 0) is 39.7 Å². The van der Waals surface area contributed by atoms with E-state index in [-0.39, 0.29) is 0 Å². The molecule has 1 aliphatic carbocycles. The first-order valence-electron chi connectivity index (χ1n) is 7.18. The lowest BCUT2D eigenvalue weighted by molar-refractivity contribution is 0.103. The molecule has 0 bridgehead atoms. The summed E-state index contributed by atoms with van der Waals surface area (Å²) in [6.07, 6.45) is 9.23. The monoisotopic (exact) mass is 226 g/mol. The third kappa shape index (κ3) is 4.06. The molecule has 1 fully saturated rings. The molecule has 2 atom stereocenters. The van der Waals surface area contributed by atoms with Crippen molar-refractivity contribution in [3.8, 4) is 0 Å². The highest BCUT2D eigenvalue weighted by Gasteiger charge is 2.28. The van der Waals surface area contributed by atoms with Gasteiger partial charge in [-0.25, -0.2) is 0 Å². The normalized spacial score (nSPS) is 26.6. The summed E-state index contributed by atoms with van der Waals surface area (Å²) in [7, 11) is 0. The number of unbranched alkanes of at least 4 members (excludes halogenated alkanes) is 2. The van der Waals surface area contributed by atoms with E-state index in [0.29, 0.717) is 18.1 Å². The Morgan fingerprint density at radius 3 is 2.44 bits per heavy atom. The van der Waals surface area contributed by atoms with Gasteiger partial charge in [0, 0.05) is 18.1 Å². The summed E-state index contributed by atoms with van der Waals surface area (Å²) in [5.74, 6) is 0. The van der Waals surface area contributed by atoms with Crippen LogP contribution in [0.3, 0.4) is 0 Å². The molecule has 0 aromatic carbocycles. The maximum atomic E-state index is 6.28. The minimum absolute atomic E-state index is 0.415. The lowest BCUT2D eigenvalue weighted by Gasteiger charge is -2.41. The van der Waals surface area contributed by atoms with Crippen LogP contribution < -0.4 is 5.73 Å². The number of hydrogen-bond donors (Lipinski definition) is 1. The summed E-state index contributed by atoms with van der Waals surface area (Å²) >= 11 is 0. The first-order valence-corrected chi connectivity index (χ1v) is 7.18. The van der Waals surface area contributed by atoms with Gasteiger partial charge in [-0.3, -0.25) is 4.90 Å². The molecule has 1 rings (SSSR count). The molecule has 2 heteroatoms. The molecule has 0 aromatic heterocycles. The molecule has 0 spiro atoms. The molecule has 2 nitrogen and oxygen atoms in total. The van der Waals surface area contributed by atoms with E-state index in [4.69, 9.17) is 5.73 Å². The Morgan fingerprint density at radius 2 is 1.88 bits per heavy atom. The fraction of sp³-hybridized carbons (Fsp3) is 1.00. The van der Waals surface area contributed by atoms with Crippen molar-refractivity contribution in [2.24, 2.45) is 5.73 Å². The zero-order chi connectivity index (χ0) is 12.0. The van der Waals surface area contributed by atoms with Crippen molar-refractivity contribution in [3.05, 3.63) is 0 Å². The summed E-state index contributed by atoms with van der Waals surface area (Å²) in [4.78, 5) is 2.65. The third-order valence-corrected chi connectivity index (χ3v) is 3.89. The van der Waals surface area contributed by atoms with Gasteiger partial charge in [0.25, 0.3) is 0 Å². The van der Waals surface area contributed by atoms with Gasteiger partial charge in [0.15, 0.2) is 0 Å². The van der Waals surface area contributed by atoms with Crippen molar-refractivity contribution >= 4 is 0 Å². The van der Waals surface area contributed by atoms with Crippen LogP contribution in [0.1, 0.15) is 65.7 Å². The quantitative estimate of drug-likeness (QED) is 0.705. The van der Waals surface area contributed by atoms with Gasteiger partial charge < -0.3 is 5.73 Å². The van der Waals surface area contributed by atoms with Crippen molar-refractivity contribution < 1.29 is 0 Å². The van der Waals surface area contributed by atoms with Crippen molar-refractivity contribution in [2.45, 2.75) is 83.8 Å². The lowest BCUT2D eigenvalue weighted by atomic mass is 9.89. The van der Waals surface area contributed by atoms with Crippen LogP contribution in [0.25, 0.3) is 0 Å². The molecular weight excluding hydrogens is 196 g/mol. The van der Waals surface area contributed by atoms with Crippen LogP contribution in [0.2, 0.25) is 0 Å². The predicted molar refractivity (Wildman–Crippen MR) is 71.6 cm³/mol. The highest BCUT2D eigenvalue weighted by molar-refractivity contribution is 4.87. The molecule has 2 unspecified atom stereocenters. The summed E-state index contributed by atoms with van der Waals surface area (Å²) in [6.45, 7) is 8.14. The molecule has 16 heavy (non-hydrogen) atoms. The Labute approximate surface area is 102 Å². The van der Waals surface area contributed by atoms with Crippen molar-refractivity contribution in [2.75, 3.05) is 6.54 Å². The second-order valence-electron chi connectivity index (χ2n) is 5.55. The first-order chi connectivity index (χ1) is 7.66. The highest BCUT2D eigenvalue weighted by atomic mass is 15.2. The second kappa shape index (κ2) is 7.29. The van der Waals surface area contributed by atoms with Crippen molar-refractivity contribution in [3.63, 3.8) is 0 Å². The minimum Gasteiger partial charge on any atom is -0.326 e. The molecule has 96 valence electrons. The van der Waals surface area contributed by atoms with E-state index in [0.717, 1.165) is 0 Å². The Morgan fingerprint density at radius 1 is 1.19 bits per heavy atom. The number of hydrogen-bond acceptors (Lipinski definition) is 2. The zero-order valence-corrected chi connectivity index (χ0v) is 11.4. The van der Waals surface area contributed by atoms with Gasteiger partial charge >= 0.3 is 0 Å². The highest BCUT2D eigenvalue weighted by Crippen LogP contribution is 2.24. The number of rotatable bonds is 6. The standard InChI is InChI=1S/C14H30N2/c1-4-5-8-11-16(12(2)3)14-10-7-6-9-13(14)15/h12-14H,4-11,15H2,1-3H3. The van der Waals surface area contributed by atoms with Gasteiger partial charge in [0.1, 0.15) is 0 Å². The summed E-state index contributed by atoms with van der Waals surface area (Å²) < 4.78 is 0. The van der Waals surface area contributed by atoms with Crippen LogP contribution in [0, 0.1) is 0 Å². The van der Waals surface area contributed by atoms with E-state index in [1.54, 1.807) is 0 Å². The molecule has 0 aromatic rings. The summed E-state index contributed by atoms with van der Waals surface area (Å²) in [6, 6.07) is 1.70. The molecule has 0 saturated heterocycles. The second-order valence-corrected chi connectivity index (χ2v) is 5.55. The van der Waals surface area contributed by atoms with E-state index in [2.05, 4.69) is 25.7 Å². The first kappa shape index (κ1) is 14.0. The molecule has 0 amide bonds. The van der Waals surface area contributed by atoms with Crippen LogP contribution in [0.15, 0.2) is 0 Å². The van der Waals surface area contributed by atoms with E-state index in [1.165, 1.54) is 51.5 Å². The van der Waals surface area contributed by atoms with E-state index in [9.17, 15) is 0 Å². The lowest BCUT2D eigenvalue weighted by Crippen LogP contribution is -2.52. The van der Waals surface area contributed by atoms with Gasteiger partial charge in [0.2, 0.25) is 0 Å². The molecule has 1 saturated carbocycles. The van der Waals surface area contributed by atoms with Crippen LogP contribution in [0.5, 0.6) is 0 Å². The molecule has 0 radical (unpaired) electrons. The maximum absolute atomic E-state index is 6.28. The predicted octanol–water partition coefficient (Wildman–Crippen LogP) is 3.16. The Balaban J connectivity index is 2.47. The molecule has 0 heterocycles. The van der Waals surface area contributed by atoms with E-state index in [1.807, 2.05) is 0 Å². The van der Waals surface area contributed by atoms with E-state index < -0.39 is 0 Å². The Hall–Kier alpha value is -0.0800. The summed E-state index contributed by atoms with van der Waals surface area (Å²) in [5.41, 5.74) is 6.28. The molecular formula is C14H30N2. The van der Waals surface area contributed by atoms with Crippen molar-refractivity contribution in [1.29, 1.82) is 0 Å². The SMILES string of the molecule is CCCCCN(C(C)C)C1CCCCC1N. The van der Waals surface area contributed by atoms with E-state index >= 15 is 0 Å². The van der Waals surface area contributed by atoms with Gasteiger partial charge in [-0.2, -0.15) is 0 Å². The average molecular weight is 226 g/mol. The zero-order valence-electron chi connectivity index (χ0n) is 11.4. The van der Waals surface area contributed by atoms with Crippen LogP contribution in [-0.2, 0) is 0 Å². The molecule has 0 aliphatic heterocycles. The maximum Gasteiger partial charge on any atom is 0.0249 e. The van der Waals surface area contributed by atoms with Gasteiger partial charge in [-0.1, -0.05) is 32.6 Å². The molecule has 1 aliphatic rings. The van der Waals surface area contributed by atoms with Crippen molar-refractivity contribution in [1.82, 2.24) is 4.90 Å². The number of nitrogens with zero attached hydrogens (tertiary/aromatic N) is 1. The Kier molecular flexibility index (Phi) is 6.37. The minimum atomic E-state index is 0.415. The van der Waals surface area contributed by atoms with Crippen LogP contribution in [0.4, 0.5) is 0 Å². The van der Waals surface area contributed by atoms with Gasteiger partial charge in [-0.15, -0.1) is 0 Å². The topological polar surface area (TPSA) is 29.3 Å². The largest absolute Gasteiger partial charge is 0.326 e. The summed E-state index contributed by atoms with van der Waals surface area (Å²) in [5, 5.41) is 0. The average Bonchev–Trinajstić information content (AvgIpc) is 2.25. The fourth-order valence-electron chi connectivity index (χ4n) is 2.90. The Bertz CT molecular complexity index is 180. The van der Waals surface area contributed by atoms with Crippen LogP contribution in [-0.4, -0.2) is 29.6 Å². The molecule has 2 N–H and O–H groups in total. The third-order valence-electron chi connectivity index (χ3n) is 3.89. The number of nitrogens with two attached hydrogens (primary N) is 1.